The molecular weight excluding hydrogens is 230 g/mol. The molecule has 1 heterocycles. The van der Waals surface area contributed by atoms with Crippen LogP contribution in [0.25, 0.3) is 0 Å². The number of rotatable bonds is 1. The Morgan fingerprint density at radius 3 is 2.67 bits per heavy atom. The molecule has 1 saturated carbocycles. The first-order valence-corrected chi connectivity index (χ1v) is 6.82. The Kier molecular flexibility index (Phi) is 2.80. The molecule has 0 amide bonds. The zero-order valence-corrected chi connectivity index (χ0v) is 10.4. The van der Waals surface area contributed by atoms with Gasteiger partial charge in [-0.2, -0.15) is 0 Å². The summed E-state index contributed by atoms with van der Waals surface area (Å²) >= 11 is 0. The van der Waals surface area contributed by atoms with Crippen molar-refractivity contribution in [1.29, 1.82) is 0 Å². The molecule has 4 nitrogen and oxygen atoms in total. The molecule has 1 fully saturated rings. The molecule has 0 spiro atoms. The van der Waals surface area contributed by atoms with E-state index in [9.17, 15) is 9.90 Å². The topological polar surface area (TPSA) is 76.5 Å². The minimum atomic E-state index is -0.596. The van der Waals surface area contributed by atoms with Crippen LogP contribution in [0.15, 0.2) is 9.21 Å². The number of nitrogens with two attached hydrogens (primary N) is 1. The van der Waals surface area contributed by atoms with Gasteiger partial charge in [-0.25, -0.2) is 4.79 Å². The largest absolute Gasteiger partial charge is 0.505 e. The number of fused-ring (bicyclic) bond motifs is 1. The van der Waals surface area contributed by atoms with Crippen molar-refractivity contribution < 1.29 is 9.52 Å². The van der Waals surface area contributed by atoms with Crippen LogP contribution < -0.4 is 11.4 Å². The molecular formula is C14H19NO3. The van der Waals surface area contributed by atoms with E-state index >= 15 is 0 Å². The molecule has 2 aliphatic rings. The average molecular weight is 249 g/mol. The first-order valence-electron chi connectivity index (χ1n) is 6.82. The van der Waals surface area contributed by atoms with Gasteiger partial charge in [0.25, 0.3) is 0 Å². The van der Waals surface area contributed by atoms with Crippen LogP contribution >= 0.6 is 0 Å². The molecule has 18 heavy (non-hydrogen) atoms. The van der Waals surface area contributed by atoms with E-state index in [0.717, 1.165) is 31.2 Å². The molecule has 3 N–H and O–H groups in total. The second-order valence-electron chi connectivity index (χ2n) is 5.53. The normalized spacial score (nSPS) is 24.1. The Bertz CT molecular complexity index is 517. The van der Waals surface area contributed by atoms with E-state index in [2.05, 4.69) is 0 Å². The highest BCUT2D eigenvalue weighted by molar-refractivity contribution is 5.56. The van der Waals surface area contributed by atoms with Gasteiger partial charge < -0.3 is 15.3 Å². The quantitative estimate of drug-likeness (QED) is 0.801. The van der Waals surface area contributed by atoms with Crippen LogP contribution in [0.1, 0.15) is 55.8 Å². The van der Waals surface area contributed by atoms with Crippen molar-refractivity contribution >= 4 is 5.69 Å². The highest BCUT2D eigenvalue weighted by Gasteiger charge is 2.37. The second-order valence-corrected chi connectivity index (χ2v) is 5.53. The summed E-state index contributed by atoms with van der Waals surface area (Å²) in [5, 5.41) is 10.2. The Labute approximate surface area is 106 Å². The van der Waals surface area contributed by atoms with E-state index in [-0.39, 0.29) is 11.4 Å². The minimum Gasteiger partial charge on any atom is -0.505 e. The lowest BCUT2D eigenvalue weighted by molar-refractivity contribution is 0.375. The summed E-state index contributed by atoms with van der Waals surface area (Å²) in [5.41, 5.74) is 5.73. The highest BCUT2D eigenvalue weighted by atomic mass is 16.4. The number of anilines is 1. The van der Waals surface area contributed by atoms with Crippen molar-refractivity contribution in [3.05, 3.63) is 21.7 Å². The Balaban J connectivity index is 2.14. The van der Waals surface area contributed by atoms with Gasteiger partial charge in [0.15, 0.2) is 11.4 Å². The number of hydrogen-bond acceptors (Lipinski definition) is 4. The third-order valence-corrected chi connectivity index (χ3v) is 4.23. The summed E-state index contributed by atoms with van der Waals surface area (Å²) in [7, 11) is 0. The van der Waals surface area contributed by atoms with Gasteiger partial charge >= 0.3 is 5.63 Å². The molecule has 2 aliphatic carbocycles. The predicted molar refractivity (Wildman–Crippen MR) is 68.7 cm³/mol. The van der Waals surface area contributed by atoms with Gasteiger partial charge in [0.05, 0.1) is 0 Å². The molecule has 1 atom stereocenters. The summed E-state index contributed by atoms with van der Waals surface area (Å²) in [6.45, 7) is 0. The molecule has 0 bridgehead atoms. The zero-order chi connectivity index (χ0) is 12.7. The molecule has 0 aromatic carbocycles. The Morgan fingerprint density at radius 1 is 1.17 bits per heavy atom. The van der Waals surface area contributed by atoms with Crippen LogP contribution in [0, 0.1) is 5.92 Å². The van der Waals surface area contributed by atoms with Crippen LogP contribution in [-0.2, 0) is 6.42 Å². The Morgan fingerprint density at radius 2 is 1.94 bits per heavy atom. The number of aromatic hydroxyl groups is 1. The van der Waals surface area contributed by atoms with Gasteiger partial charge in [0.1, 0.15) is 5.76 Å². The molecule has 1 aromatic rings. The molecule has 4 heteroatoms. The smallest absolute Gasteiger partial charge is 0.363 e. The van der Waals surface area contributed by atoms with Crippen molar-refractivity contribution in [2.45, 2.75) is 50.9 Å². The number of aryl methyl sites for hydroxylation is 1. The lowest BCUT2D eigenvalue weighted by Crippen LogP contribution is -2.16. The summed E-state index contributed by atoms with van der Waals surface area (Å²) in [4.78, 5) is 11.6. The monoisotopic (exact) mass is 249 g/mol. The fraction of sp³-hybridized carbons (Fsp3) is 0.643. The third-order valence-electron chi connectivity index (χ3n) is 4.23. The molecule has 98 valence electrons. The number of hydrogen-bond donors (Lipinski definition) is 2. The molecule has 0 saturated heterocycles. The maximum atomic E-state index is 11.6. The van der Waals surface area contributed by atoms with Gasteiger partial charge in [-0.1, -0.05) is 12.8 Å². The molecule has 1 aromatic heterocycles. The van der Waals surface area contributed by atoms with Crippen LogP contribution in [-0.4, -0.2) is 5.11 Å². The van der Waals surface area contributed by atoms with Crippen molar-refractivity contribution in [2.24, 2.45) is 5.92 Å². The molecule has 3 rings (SSSR count). The van der Waals surface area contributed by atoms with E-state index < -0.39 is 5.63 Å². The summed E-state index contributed by atoms with van der Waals surface area (Å²) in [5.74, 6) is 1.62. The van der Waals surface area contributed by atoms with Crippen molar-refractivity contribution in [3.63, 3.8) is 0 Å². The molecule has 0 aliphatic heterocycles. The van der Waals surface area contributed by atoms with Gasteiger partial charge in [0.2, 0.25) is 0 Å². The fourth-order valence-corrected chi connectivity index (χ4v) is 3.10. The van der Waals surface area contributed by atoms with Crippen LogP contribution in [0.2, 0.25) is 0 Å². The lowest BCUT2D eigenvalue weighted by atomic mass is 9.84. The Hall–Kier alpha value is -1.45. The van der Waals surface area contributed by atoms with Gasteiger partial charge in [-0.05, 0) is 37.5 Å². The van der Waals surface area contributed by atoms with Crippen molar-refractivity contribution in [1.82, 2.24) is 0 Å². The summed E-state index contributed by atoms with van der Waals surface area (Å²) in [6.07, 6.45) is 7.58. The van der Waals surface area contributed by atoms with Gasteiger partial charge in [-0.3, -0.25) is 0 Å². The maximum Gasteiger partial charge on any atom is 0.363 e. The van der Waals surface area contributed by atoms with E-state index in [0.29, 0.717) is 17.6 Å². The van der Waals surface area contributed by atoms with Crippen molar-refractivity contribution in [2.75, 3.05) is 5.73 Å². The summed E-state index contributed by atoms with van der Waals surface area (Å²) < 4.78 is 5.31. The first-order chi connectivity index (χ1) is 8.68. The fourth-order valence-electron chi connectivity index (χ4n) is 3.10. The second kappa shape index (κ2) is 4.34. The zero-order valence-electron chi connectivity index (χ0n) is 10.4. The SMILES string of the molecule is Nc1c(O)c2c(oc1=O)CCCCCC2C1CC1. The molecule has 1 unspecified atom stereocenters. The van der Waals surface area contributed by atoms with Gasteiger partial charge in [0, 0.05) is 12.0 Å². The maximum absolute atomic E-state index is 11.6. The average Bonchev–Trinajstić information content (AvgIpc) is 3.13. The minimum absolute atomic E-state index is 0.0138. The van der Waals surface area contributed by atoms with Crippen LogP contribution in [0.5, 0.6) is 5.75 Å². The van der Waals surface area contributed by atoms with Crippen molar-refractivity contribution in [3.8, 4) is 5.75 Å². The van der Waals surface area contributed by atoms with Gasteiger partial charge in [-0.15, -0.1) is 0 Å². The van der Waals surface area contributed by atoms with E-state index in [4.69, 9.17) is 10.2 Å². The third kappa shape index (κ3) is 1.89. The first kappa shape index (κ1) is 11.6. The number of nitrogen functional groups attached to an aromatic ring is 1. The summed E-state index contributed by atoms with van der Waals surface area (Å²) in [6, 6.07) is 0. The molecule has 0 radical (unpaired) electrons. The van der Waals surface area contributed by atoms with E-state index in [1.165, 1.54) is 19.3 Å². The highest BCUT2D eigenvalue weighted by Crippen LogP contribution is 2.50. The van der Waals surface area contributed by atoms with E-state index in [1.54, 1.807) is 0 Å². The van der Waals surface area contributed by atoms with Crippen LogP contribution in [0.3, 0.4) is 0 Å². The van der Waals surface area contributed by atoms with Crippen LogP contribution in [0.4, 0.5) is 5.69 Å². The standard InChI is InChI=1S/C14H19NO3/c15-12-13(16)11-9(8-6-7-8)4-2-1-3-5-10(11)18-14(12)17/h8-9,16H,1-7,15H2. The van der Waals surface area contributed by atoms with E-state index in [1.807, 2.05) is 0 Å². The predicted octanol–water partition coefficient (Wildman–Crippen LogP) is 2.54. The lowest BCUT2D eigenvalue weighted by Gasteiger charge is -2.23.